The molecule has 170 valence electrons. The van der Waals surface area contributed by atoms with Gasteiger partial charge in [-0.15, -0.1) is 11.3 Å². The van der Waals surface area contributed by atoms with Crippen LogP contribution in [0.1, 0.15) is 53.5 Å². The number of hydrogen-bond acceptors (Lipinski definition) is 5. The third-order valence-electron chi connectivity index (χ3n) is 5.45. The molecular formula is C25H26N4O3S. The number of aromatic nitrogens is 1. The van der Waals surface area contributed by atoms with E-state index in [0.717, 1.165) is 10.4 Å². The monoisotopic (exact) mass is 462 g/mol. The van der Waals surface area contributed by atoms with Crippen molar-refractivity contribution >= 4 is 40.6 Å². The summed E-state index contributed by atoms with van der Waals surface area (Å²) in [5, 5.41) is 7.54. The molecule has 8 heteroatoms. The highest BCUT2D eigenvalue weighted by atomic mass is 32.1. The van der Waals surface area contributed by atoms with Crippen molar-refractivity contribution in [1.29, 1.82) is 0 Å². The van der Waals surface area contributed by atoms with Crippen LogP contribution in [0.5, 0.6) is 0 Å². The molecule has 0 spiro atoms. The third kappa shape index (κ3) is 4.80. The number of pyridine rings is 1. The van der Waals surface area contributed by atoms with Gasteiger partial charge in [0.2, 0.25) is 11.8 Å². The Kier molecular flexibility index (Phi) is 6.55. The zero-order chi connectivity index (χ0) is 23.5. The van der Waals surface area contributed by atoms with Crippen LogP contribution >= 0.6 is 11.3 Å². The quantitative estimate of drug-likeness (QED) is 0.557. The predicted octanol–water partition coefficient (Wildman–Crippen LogP) is 4.68. The van der Waals surface area contributed by atoms with Gasteiger partial charge in [0, 0.05) is 23.9 Å². The first-order chi connectivity index (χ1) is 15.8. The number of nitrogens with one attached hydrogen (secondary N) is 2. The van der Waals surface area contributed by atoms with Crippen LogP contribution in [-0.4, -0.2) is 34.2 Å². The van der Waals surface area contributed by atoms with E-state index in [1.54, 1.807) is 29.5 Å². The summed E-state index contributed by atoms with van der Waals surface area (Å²) >= 11 is 1.55. The van der Waals surface area contributed by atoms with Crippen molar-refractivity contribution in [3.63, 3.8) is 0 Å². The Morgan fingerprint density at radius 2 is 1.88 bits per heavy atom. The van der Waals surface area contributed by atoms with Crippen LogP contribution in [0, 0.1) is 5.92 Å². The standard InChI is InChI=1S/C25H26N4O3S/c1-15(2)14-29-23(20-9-6-12-33-20)22(18-7-4-5-8-19(18)25(29)32)24(31)28-17-10-11-21(26-13-17)27-16(3)30/h4-13,15,22-23H,14H2,1-3H3,(H,28,31)(H,26,27,30). The Balaban J connectivity index is 1.72. The summed E-state index contributed by atoms with van der Waals surface area (Å²) in [6.45, 7) is 6.09. The fourth-order valence-electron chi connectivity index (χ4n) is 4.19. The van der Waals surface area contributed by atoms with Crippen LogP contribution in [-0.2, 0) is 9.59 Å². The number of benzene rings is 1. The highest BCUT2D eigenvalue weighted by molar-refractivity contribution is 7.10. The van der Waals surface area contributed by atoms with Crippen LogP contribution in [0.4, 0.5) is 11.5 Å². The maximum Gasteiger partial charge on any atom is 0.254 e. The topological polar surface area (TPSA) is 91.4 Å². The van der Waals surface area contributed by atoms with Gasteiger partial charge in [0.05, 0.1) is 23.8 Å². The Morgan fingerprint density at radius 1 is 1.09 bits per heavy atom. The molecule has 0 radical (unpaired) electrons. The molecular weight excluding hydrogens is 436 g/mol. The number of anilines is 2. The largest absolute Gasteiger partial charge is 0.329 e. The highest BCUT2D eigenvalue weighted by Crippen LogP contribution is 2.44. The molecule has 0 aliphatic carbocycles. The van der Waals surface area contributed by atoms with E-state index in [1.807, 2.05) is 40.6 Å². The summed E-state index contributed by atoms with van der Waals surface area (Å²) in [7, 11) is 0. The average Bonchev–Trinajstić information content (AvgIpc) is 3.30. The number of rotatable bonds is 6. The SMILES string of the molecule is CC(=O)Nc1ccc(NC(=O)C2c3ccccc3C(=O)N(CC(C)C)C2c2cccs2)cn1. The smallest absolute Gasteiger partial charge is 0.254 e. The summed E-state index contributed by atoms with van der Waals surface area (Å²) < 4.78 is 0. The molecule has 0 saturated heterocycles. The van der Waals surface area contributed by atoms with E-state index in [0.29, 0.717) is 23.6 Å². The van der Waals surface area contributed by atoms with Crippen LogP contribution in [0.15, 0.2) is 60.1 Å². The van der Waals surface area contributed by atoms with Gasteiger partial charge in [0.1, 0.15) is 5.82 Å². The Morgan fingerprint density at radius 3 is 2.52 bits per heavy atom. The van der Waals surface area contributed by atoms with E-state index in [-0.39, 0.29) is 23.6 Å². The molecule has 3 amide bonds. The van der Waals surface area contributed by atoms with Gasteiger partial charge in [-0.05, 0) is 41.1 Å². The fourth-order valence-corrected chi connectivity index (χ4v) is 5.06. The zero-order valence-corrected chi connectivity index (χ0v) is 19.6. The number of hydrogen-bond donors (Lipinski definition) is 2. The lowest BCUT2D eigenvalue weighted by Gasteiger charge is -2.42. The van der Waals surface area contributed by atoms with Gasteiger partial charge in [-0.25, -0.2) is 4.98 Å². The molecule has 3 heterocycles. The van der Waals surface area contributed by atoms with Crippen molar-refractivity contribution in [2.75, 3.05) is 17.2 Å². The van der Waals surface area contributed by atoms with E-state index >= 15 is 0 Å². The number of thiophene rings is 1. The summed E-state index contributed by atoms with van der Waals surface area (Å²) in [6.07, 6.45) is 1.51. The molecule has 1 aliphatic rings. The molecule has 33 heavy (non-hydrogen) atoms. The molecule has 0 fully saturated rings. The number of carbonyl (C=O) groups excluding carboxylic acids is 3. The number of nitrogens with zero attached hydrogens (tertiary/aromatic N) is 2. The number of amides is 3. The van der Waals surface area contributed by atoms with Crippen molar-refractivity contribution in [3.8, 4) is 0 Å². The molecule has 2 N–H and O–H groups in total. The molecule has 1 aromatic carbocycles. The van der Waals surface area contributed by atoms with E-state index in [9.17, 15) is 14.4 Å². The lowest BCUT2D eigenvalue weighted by atomic mass is 9.81. The fraction of sp³-hybridized carbons (Fsp3) is 0.280. The van der Waals surface area contributed by atoms with Crippen molar-refractivity contribution < 1.29 is 14.4 Å². The molecule has 0 bridgehead atoms. The minimum atomic E-state index is -0.577. The minimum Gasteiger partial charge on any atom is -0.329 e. The van der Waals surface area contributed by atoms with Crippen molar-refractivity contribution in [2.24, 2.45) is 5.92 Å². The summed E-state index contributed by atoms with van der Waals surface area (Å²) in [5.74, 6) is -0.401. The number of fused-ring (bicyclic) bond motifs is 1. The summed E-state index contributed by atoms with van der Waals surface area (Å²) in [4.78, 5) is 45.4. The van der Waals surface area contributed by atoms with Gasteiger partial charge >= 0.3 is 0 Å². The van der Waals surface area contributed by atoms with Crippen molar-refractivity contribution in [3.05, 3.63) is 76.1 Å². The first-order valence-electron chi connectivity index (χ1n) is 10.8. The molecule has 3 aromatic rings. The van der Waals surface area contributed by atoms with Gasteiger partial charge in [-0.3, -0.25) is 14.4 Å². The average molecular weight is 463 g/mol. The maximum absolute atomic E-state index is 13.7. The van der Waals surface area contributed by atoms with Gasteiger partial charge in [-0.2, -0.15) is 0 Å². The predicted molar refractivity (Wildman–Crippen MR) is 129 cm³/mol. The van der Waals surface area contributed by atoms with Crippen LogP contribution in [0.25, 0.3) is 0 Å². The van der Waals surface area contributed by atoms with E-state index in [4.69, 9.17) is 0 Å². The second-order valence-corrected chi connectivity index (χ2v) is 9.46. The van der Waals surface area contributed by atoms with E-state index < -0.39 is 12.0 Å². The molecule has 2 aromatic heterocycles. The maximum atomic E-state index is 13.7. The van der Waals surface area contributed by atoms with E-state index in [2.05, 4.69) is 29.5 Å². The van der Waals surface area contributed by atoms with Crippen molar-refractivity contribution in [1.82, 2.24) is 9.88 Å². The second kappa shape index (κ2) is 9.54. The van der Waals surface area contributed by atoms with Crippen molar-refractivity contribution in [2.45, 2.75) is 32.7 Å². The normalized spacial score (nSPS) is 17.6. The van der Waals surface area contributed by atoms with Gasteiger partial charge in [-0.1, -0.05) is 38.1 Å². The van der Waals surface area contributed by atoms with E-state index in [1.165, 1.54) is 13.1 Å². The van der Waals surface area contributed by atoms with Crippen LogP contribution in [0.3, 0.4) is 0 Å². The molecule has 0 saturated carbocycles. The lowest BCUT2D eigenvalue weighted by Crippen LogP contribution is -2.47. The van der Waals surface area contributed by atoms with Gasteiger partial charge in [0.25, 0.3) is 5.91 Å². The minimum absolute atomic E-state index is 0.0527. The Hall–Kier alpha value is -3.52. The third-order valence-corrected chi connectivity index (χ3v) is 6.40. The van der Waals surface area contributed by atoms with Gasteiger partial charge < -0.3 is 15.5 Å². The molecule has 7 nitrogen and oxygen atoms in total. The first kappa shape index (κ1) is 22.7. The summed E-state index contributed by atoms with van der Waals surface area (Å²) in [5.41, 5.74) is 1.80. The Labute approximate surface area is 196 Å². The van der Waals surface area contributed by atoms with Gasteiger partial charge in [0.15, 0.2) is 0 Å². The second-order valence-electron chi connectivity index (χ2n) is 8.48. The lowest BCUT2D eigenvalue weighted by molar-refractivity contribution is -0.119. The Bertz CT molecular complexity index is 1160. The summed E-state index contributed by atoms with van der Waals surface area (Å²) in [6, 6.07) is 14.2. The van der Waals surface area contributed by atoms with Crippen LogP contribution < -0.4 is 10.6 Å². The highest BCUT2D eigenvalue weighted by Gasteiger charge is 2.44. The molecule has 2 unspecified atom stereocenters. The molecule has 4 rings (SSSR count). The zero-order valence-electron chi connectivity index (χ0n) is 18.7. The first-order valence-corrected chi connectivity index (χ1v) is 11.7. The molecule has 1 aliphatic heterocycles. The van der Waals surface area contributed by atoms with Crippen LogP contribution in [0.2, 0.25) is 0 Å². The molecule has 2 atom stereocenters. The number of carbonyl (C=O) groups is 3.